The number of nitrogens with one attached hydrogen (secondary N) is 1. The van der Waals surface area contributed by atoms with Crippen LogP contribution in [0.5, 0.6) is 11.5 Å². The Morgan fingerprint density at radius 1 is 1.29 bits per heavy atom. The number of fused-ring (bicyclic) bond motifs is 1. The lowest BCUT2D eigenvalue weighted by Crippen LogP contribution is -2.36. The number of hydrogen-bond donors (Lipinski definition) is 1. The van der Waals surface area contributed by atoms with E-state index < -0.39 is 0 Å². The maximum Gasteiger partial charge on any atom is 0.231 e. The van der Waals surface area contributed by atoms with Gasteiger partial charge in [-0.05, 0) is 31.5 Å². The Kier molecular flexibility index (Phi) is 3.54. The maximum atomic E-state index is 5.34. The van der Waals surface area contributed by atoms with Crippen LogP contribution in [0, 0.1) is 0 Å². The minimum absolute atomic E-state index is 0.143. The molecular weight excluding hydrogens is 218 g/mol. The SMILES string of the molecule is COC(C)(C)CNCc1ccc2c(c1)OCO2. The first-order valence-electron chi connectivity index (χ1n) is 5.75. The Bertz CT molecular complexity index is 390. The molecule has 0 saturated carbocycles. The third-order valence-electron chi connectivity index (χ3n) is 2.87. The van der Waals surface area contributed by atoms with E-state index in [9.17, 15) is 0 Å². The highest BCUT2D eigenvalue weighted by Crippen LogP contribution is 2.32. The van der Waals surface area contributed by atoms with Crippen molar-refractivity contribution in [3.63, 3.8) is 0 Å². The number of methoxy groups -OCH3 is 1. The Morgan fingerprint density at radius 2 is 2.06 bits per heavy atom. The highest BCUT2D eigenvalue weighted by atomic mass is 16.7. The highest BCUT2D eigenvalue weighted by Gasteiger charge is 2.16. The standard InChI is InChI=1S/C13H19NO3/c1-13(2,15-3)8-14-7-10-4-5-11-12(6-10)17-9-16-11/h4-6,14H,7-9H2,1-3H3. The van der Waals surface area contributed by atoms with Crippen molar-refractivity contribution in [2.75, 3.05) is 20.4 Å². The minimum Gasteiger partial charge on any atom is -0.454 e. The third-order valence-corrected chi connectivity index (χ3v) is 2.87. The van der Waals surface area contributed by atoms with Crippen LogP contribution in [0.4, 0.5) is 0 Å². The summed E-state index contributed by atoms with van der Waals surface area (Å²) >= 11 is 0. The van der Waals surface area contributed by atoms with Crippen molar-refractivity contribution in [3.8, 4) is 11.5 Å². The molecule has 1 aromatic carbocycles. The van der Waals surface area contributed by atoms with Crippen LogP contribution < -0.4 is 14.8 Å². The molecule has 2 rings (SSSR count). The molecule has 4 heteroatoms. The van der Waals surface area contributed by atoms with Gasteiger partial charge < -0.3 is 19.5 Å². The van der Waals surface area contributed by atoms with Crippen molar-refractivity contribution < 1.29 is 14.2 Å². The van der Waals surface area contributed by atoms with Crippen LogP contribution in [-0.2, 0) is 11.3 Å². The molecule has 1 heterocycles. The number of rotatable bonds is 5. The van der Waals surface area contributed by atoms with Gasteiger partial charge in [-0.15, -0.1) is 0 Å². The number of benzene rings is 1. The molecule has 0 aliphatic carbocycles. The van der Waals surface area contributed by atoms with Gasteiger partial charge in [0.05, 0.1) is 5.60 Å². The van der Waals surface area contributed by atoms with Gasteiger partial charge in [-0.3, -0.25) is 0 Å². The Morgan fingerprint density at radius 3 is 2.82 bits per heavy atom. The largest absolute Gasteiger partial charge is 0.454 e. The lowest BCUT2D eigenvalue weighted by atomic mass is 10.1. The maximum absolute atomic E-state index is 5.34. The normalized spacial score (nSPS) is 14.1. The zero-order chi connectivity index (χ0) is 12.3. The van der Waals surface area contributed by atoms with Gasteiger partial charge in [0.2, 0.25) is 6.79 Å². The second-order valence-electron chi connectivity index (χ2n) is 4.75. The van der Waals surface area contributed by atoms with Crippen LogP contribution in [0.3, 0.4) is 0 Å². The summed E-state index contributed by atoms with van der Waals surface area (Å²) in [5, 5.41) is 3.36. The molecule has 0 spiro atoms. The monoisotopic (exact) mass is 237 g/mol. The molecule has 1 aliphatic heterocycles. The first-order chi connectivity index (χ1) is 8.11. The van der Waals surface area contributed by atoms with Gasteiger partial charge in [-0.1, -0.05) is 6.07 Å². The molecule has 0 atom stereocenters. The molecule has 0 fully saturated rings. The minimum atomic E-state index is -0.143. The van der Waals surface area contributed by atoms with Crippen LogP contribution in [0.2, 0.25) is 0 Å². The van der Waals surface area contributed by atoms with Crippen LogP contribution in [0.1, 0.15) is 19.4 Å². The summed E-state index contributed by atoms with van der Waals surface area (Å²) in [6, 6.07) is 6.00. The van der Waals surface area contributed by atoms with Gasteiger partial charge in [0, 0.05) is 20.2 Å². The zero-order valence-corrected chi connectivity index (χ0v) is 10.6. The van der Waals surface area contributed by atoms with Crippen molar-refractivity contribution in [2.24, 2.45) is 0 Å². The lowest BCUT2D eigenvalue weighted by molar-refractivity contribution is 0.0230. The van der Waals surface area contributed by atoms with Crippen LogP contribution >= 0.6 is 0 Å². The predicted molar refractivity (Wildman–Crippen MR) is 65.4 cm³/mol. The number of ether oxygens (including phenoxy) is 3. The molecule has 0 radical (unpaired) electrons. The van der Waals surface area contributed by atoms with Crippen molar-refractivity contribution >= 4 is 0 Å². The van der Waals surface area contributed by atoms with E-state index in [4.69, 9.17) is 14.2 Å². The first kappa shape index (κ1) is 12.2. The fourth-order valence-corrected chi connectivity index (χ4v) is 1.63. The summed E-state index contributed by atoms with van der Waals surface area (Å²) in [4.78, 5) is 0. The van der Waals surface area contributed by atoms with E-state index in [2.05, 4.69) is 19.2 Å². The second kappa shape index (κ2) is 4.94. The van der Waals surface area contributed by atoms with Gasteiger partial charge >= 0.3 is 0 Å². The zero-order valence-electron chi connectivity index (χ0n) is 10.6. The molecule has 0 amide bonds. The van der Waals surface area contributed by atoms with Crippen molar-refractivity contribution in [2.45, 2.75) is 26.0 Å². The average Bonchev–Trinajstić information content (AvgIpc) is 2.76. The Balaban J connectivity index is 1.88. The second-order valence-corrected chi connectivity index (χ2v) is 4.75. The topological polar surface area (TPSA) is 39.7 Å². The van der Waals surface area contributed by atoms with E-state index >= 15 is 0 Å². The van der Waals surface area contributed by atoms with Gasteiger partial charge in [0.1, 0.15) is 0 Å². The summed E-state index contributed by atoms with van der Waals surface area (Å²) in [6.07, 6.45) is 0. The number of hydrogen-bond acceptors (Lipinski definition) is 4. The van der Waals surface area contributed by atoms with Gasteiger partial charge in [0.15, 0.2) is 11.5 Å². The molecule has 1 aromatic rings. The quantitative estimate of drug-likeness (QED) is 0.849. The van der Waals surface area contributed by atoms with Crippen LogP contribution in [0.15, 0.2) is 18.2 Å². The molecule has 0 aromatic heterocycles. The molecule has 0 unspecified atom stereocenters. The van der Waals surface area contributed by atoms with Gasteiger partial charge in [-0.25, -0.2) is 0 Å². The molecular formula is C13H19NO3. The van der Waals surface area contributed by atoms with E-state index in [-0.39, 0.29) is 5.60 Å². The van der Waals surface area contributed by atoms with E-state index in [0.717, 1.165) is 24.6 Å². The molecule has 17 heavy (non-hydrogen) atoms. The Labute approximate surface area is 102 Å². The molecule has 1 N–H and O–H groups in total. The van der Waals surface area contributed by atoms with E-state index in [0.29, 0.717) is 6.79 Å². The van der Waals surface area contributed by atoms with E-state index in [1.807, 2.05) is 18.2 Å². The van der Waals surface area contributed by atoms with Crippen LogP contribution in [-0.4, -0.2) is 26.0 Å². The van der Waals surface area contributed by atoms with E-state index in [1.165, 1.54) is 5.56 Å². The van der Waals surface area contributed by atoms with E-state index in [1.54, 1.807) is 7.11 Å². The third kappa shape index (κ3) is 3.11. The summed E-state index contributed by atoms with van der Waals surface area (Å²) in [7, 11) is 1.72. The molecule has 0 bridgehead atoms. The fourth-order valence-electron chi connectivity index (χ4n) is 1.63. The van der Waals surface area contributed by atoms with Gasteiger partial charge in [0.25, 0.3) is 0 Å². The molecule has 0 saturated heterocycles. The average molecular weight is 237 g/mol. The highest BCUT2D eigenvalue weighted by molar-refractivity contribution is 5.44. The first-order valence-corrected chi connectivity index (χ1v) is 5.75. The fraction of sp³-hybridized carbons (Fsp3) is 0.538. The predicted octanol–water partition coefficient (Wildman–Crippen LogP) is 1.93. The molecule has 1 aliphatic rings. The summed E-state index contributed by atoms with van der Waals surface area (Å²) in [5.41, 5.74) is 1.04. The summed E-state index contributed by atoms with van der Waals surface area (Å²) in [5.74, 6) is 1.65. The Hall–Kier alpha value is -1.26. The molecule has 4 nitrogen and oxygen atoms in total. The van der Waals surface area contributed by atoms with Gasteiger partial charge in [-0.2, -0.15) is 0 Å². The smallest absolute Gasteiger partial charge is 0.231 e. The van der Waals surface area contributed by atoms with Crippen molar-refractivity contribution in [1.29, 1.82) is 0 Å². The molecule has 94 valence electrons. The van der Waals surface area contributed by atoms with Crippen LogP contribution in [0.25, 0.3) is 0 Å². The van der Waals surface area contributed by atoms with Crippen molar-refractivity contribution in [1.82, 2.24) is 5.32 Å². The summed E-state index contributed by atoms with van der Waals surface area (Å²) < 4.78 is 15.9. The van der Waals surface area contributed by atoms with Crippen molar-refractivity contribution in [3.05, 3.63) is 23.8 Å². The summed E-state index contributed by atoms with van der Waals surface area (Å²) in [6.45, 7) is 6.03. The lowest BCUT2D eigenvalue weighted by Gasteiger charge is -2.23.